The van der Waals surface area contributed by atoms with Gasteiger partial charge in [-0.25, -0.2) is 0 Å². The van der Waals surface area contributed by atoms with Crippen LogP contribution in [0.5, 0.6) is 0 Å². The van der Waals surface area contributed by atoms with Crippen LogP contribution >= 0.6 is 0 Å². The van der Waals surface area contributed by atoms with Gasteiger partial charge in [-0.15, -0.1) is 0 Å². The highest BCUT2D eigenvalue weighted by Gasteiger charge is 2.40. The van der Waals surface area contributed by atoms with Crippen molar-refractivity contribution in [2.24, 2.45) is 5.92 Å². The summed E-state index contributed by atoms with van der Waals surface area (Å²) in [6.07, 6.45) is -2.17. The number of rotatable bonds is 0. The van der Waals surface area contributed by atoms with E-state index in [1.807, 2.05) is 0 Å². The highest BCUT2D eigenvalue weighted by Crippen LogP contribution is 2.32. The normalized spacial score (nSPS) is 28.9. The summed E-state index contributed by atoms with van der Waals surface area (Å²) >= 11 is 0. The average molecular weight is 166 g/mol. The summed E-state index contributed by atoms with van der Waals surface area (Å²) in [4.78, 5) is 1.68. The first-order valence-electron chi connectivity index (χ1n) is 3.57. The SMILES string of the molecule is CN1C[CH]CC(C(F)(F)F)C1. The van der Waals surface area contributed by atoms with E-state index in [0.29, 0.717) is 6.54 Å². The fraction of sp³-hybridized carbons (Fsp3) is 0.857. The molecule has 0 aromatic carbocycles. The molecule has 0 saturated carbocycles. The van der Waals surface area contributed by atoms with Crippen molar-refractivity contribution in [1.29, 1.82) is 0 Å². The van der Waals surface area contributed by atoms with Gasteiger partial charge in [-0.3, -0.25) is 0 Å². The van der Waals surface area contributed by atoms with Gasteiger partial charge in [-0.1, -0.05) is 0 Å². The van der Waals surface area contributed by atoms with Gasteiger partial charge >= 0.3 is 6.18 Å². The highest BCUT2D eigenvalue weighted by atomic mass is 19.4. The van der Waals surface area contributed by atoms with Crippen LogP contribution in [0.1, 0.15) is 6.42 Å². The summed E-state index contributed by atoms with van der Waals surface area (Å²) in [7, 11) is 1.70. The topological polar surface area (TPSA) is 3.24 Å². The summed E-state index contributed by atoms with van der Waals surface area (Å²) in [6.45, 7) is 0.812. The Kier molecular flexibility index (Phi) is 2.42. The molecule has 65 valence electrons. The van der Waals surface area contributed by atoms with Gasteiger partial charge in [0, 0.05) is 13.1 Å². The Bertz CT molecular complexity index is 132. The third-order valence-electron chi connectivity index (χ3n) is 1.89. The van der Waals surface area contributed by atoms with Crippen LogP contribution in [-0.2, 0) is 0 Å². The molecule has 1 unspecified atom stereocenters. The molecule has 0 bridgehead atoms. The first-order valence-corrected chi connectivity index (χ1v) is 3.57. The molecular weight excluding hydrogens is 155 g/mol. The molecule has 1 aliphatic heterocycles. The van der Waals surface area contributed by atoms with Crippen LogP contribution in [0.25, 0.3) is 0 Å². The van der Waals surface area contributed by atoms with Gasteiger partial charge in [0.1, 0.15) is 0 Å². The maximum atomic E-state index is 12.1. The van der Waals surface area contributed by atoms with E-state index < -0.39 is 12.1 Å². The van der Waals surface area contributed by atoms with Gasteiger partial charge in [-0.2, -0.15) is 13.2 Å². The van der Waals surface area contributed by atoms with Crippen molar-refractivity contribution in [3.8, 4) is 0 Å². The van der Waals surface area contributed by atoms with E-state index in [4.69, 9.17) is 0 Å². The molecule has 0 amide bonds. The summed E-state index contributed by atoms with van der Waals surface area (Å²) < 4.78 is 36.2. The van der Waals surface area contributed by atoms with Crippen LogP contribution in [0, 0.1) is 12.3 Å². The van der Waals surface area contributed by atoms with Crippen molar-refractivity contribution in [1.82, 2.24) is 4.90 Å². The number of halogens is 3. The number of alkyl halides is 3. The van der Waals surface area contributed by atoms with Gasteiger partial charge in [0.05, 0.1) is 5.92 Å². The second-order valence-electron chi connectivity index (χ2n) is 2.98. The zero-order valence-corrected chi connectivity index (χ0v) is 6.36. The average Bonchev–Trinajstić information content (AvgIpc) is 1.86. The zero-order chi connectivity index (χ0) is 8.48. The molecule has 1 aliphatic rings. The monoisotopic (exact) mass is 166 g/mol. The first kappa shape index (κ1) is 8.84. The molecule has 0 aromatic heterocycles. The lowest BCUT2D eigenvalue weighted by molar-refractivity contribution is -0.181. The van der Waals surface area contributed by atoms with Crippen molar-refractivity contribution in [3.05, 3.63) is 6.42 Å². The maximum absolute atomic E-state index is 12.1. The molecule has 0 spiro atoms. The van der Waals surface area contributed by atoms with Crippen molar-refractivity contribution in [3.63, 3.8) is 0 Å². The van der Waals surface area contributed by atoms with Gasteiger partial charge in [-0.05, 0) is 19.9 Å². The molecule has 1 saturated heterocycles. The lowest BCUT2D eigenvalue weighted by atomic mass is 9.98. The highest BCUT2D eigenvalue weighted by molar-refractivity contribution is 4.85. The Morgan fingerprint density at radius 2 is 2.09 bits per heavy atom. The molecule has 11 heavy (non-hydrogen) atoms. The van der Waals surface area contributed by atoms with E-state index in [1.165, 1.54) is 0 Å². The van der Waals surface area contributed by atoms with E-state index in [0.717, 1.165) is 0 Å². The van der Waals surface area contributed by atoms with Crippen LogP contribution in [-0.4, -0.2) is 31.2 Å². The molecule has 1 radical (unpaired) electrons. The summed E-state index contributed by atoms with van der Waals surface area (Å²) in [5.41, 5.74) is 0. The summed E-state index contributed by atoms with van der Waals surface area (Å²) in [6, 6.07) is 0. The molecule has 4 heteroatoms. The fourth-order valence-electron chi connectivity index (χ4n) is 1.26. The third-order valence-corrected chi connectivity index (χ3v) is 1.89. The summed E-state index contributed by atoms with van der Waals surface area (Å²) in [5, 5.41) is 0. The molecule has 1 heterocycles. The Morgan fingerprint density at radius 1 is 1.45 bits per heavy atom. The molecule has 1 fully saturated rings. The number of likely N-dealkylation sites (tertiary alicyclic amines) is 1. The smallest absolute Gasteiger partial charge is 0.305 e. The largest absolute Gasteiger partial charge is 0.393 e. The molecule has 0 aliphatic carbocycles. The predicted molar refractivity (Wildman–Crippen MR) is 36.0 cm³/mol. The van der Waals surface area contributed by atoms with E-state index >= 15 is 0 Å². The standard InChI is InChI=1S/C7H11F3N/c1-11-4-2-3-6(5-11)7(8,9)10/h2,6H,3-5H2,1H3. The minimum absolute atomic E-state index is 0.139. The van der Waals surface area contributed by atoms with Gasteiger partial charge in [0.15, 0.2) is 0 Å². The fourth-order valence-corrected chi connectivity index (χ4v) is 1.26. The van der Waals surface area contributed by atoms with Crippen LogP contribution < -0.4 is 0 Å². The predicted octanol–water partition coefficient (Wildman–Crippen LogP) is 1.70. The van der Waals surface area contributed by atoms with E-state index in [-0.39, 0.29) is 13.0 Å². The van der Waals surface area contributed by atoms with Gasteiger partial charge < -0.3 is 4.90 Å². The zero-order valence-electron chi connectivity index (χ0n) is 6.36. The Labute approximate surface area is 64.2 Å². The molecule has 1 rings (SSSR count). The van der Waals surface area contributed by atoms with Crippen molar-refractivity contribution >= 4 is 0 Å². The maximum Gasteiger partial charge on any atom is 0.393 e. The molecule has 0 N–H and O–H groups in total. The quantitative estimate of drug-likeness (QED) is 0.529. The van der Waals surface area contributed by atoms with E-state index in [2.05, 4.69) is 0 Å². The number of hydrogen-bond acceptors (Lipinski definition) is 1. The van der Waals surface area contributed by atoms with Crippen molar-refractivity contribution < 1.29 is 13.2 Å². The van der Waals surface area contributed by atoms with Crippen LogP contribution in [0.15, 0.2) is 0 Å². The Hall–Kier alpha value is -0.250. The summed E-state index contributed by atoms with van der Waals surface area (Å²) in [5.74, 6) is -1.15. The molecule has 0 aromatic rings. The lowest BCUT2D eigenvalue weighted by Crippen LogP contribution is -2.39. The first-order chi connectivity index (χ1) is 5.00. The van der Waals surface area contributed by atoms with E-state index in [1.54, 1.807) is 18.4 Å². The van der Waals surface area contributed by atoms with Crippen LogP contribution in [0.2, 0.25) is 0 Å². The second kappa shape index (κ2) is 3.01. The number of hydrogen-bond donors (Lipinski definition) is 0. The van der Waals surface area contributed by atoms with Gasteiger partial charge in [0.2, 0.25) is 0 Å². The van der Waals surface area contributed by atoms with Crippen LogP contribution in [0.4, 0.5) is 13.2 Å². The van der Waals surface area contributed by atoms with Crippen LogP contribution in [0.3, 0.4) is 0 Å². The van der Waals surface area contributed by atoms with E-state index in [9.17, 15) is 13.2 Å². The Balaban J connectivity index is 2.46. The van der Waals surface area contributed by atoms with Crippen molar-refractivity contribution in [2.75, 3.05) is 20.1 Å². The molecule has 1 nitrogen and oxygen atoms in total. The number of piperidine rings is 1. The minimum atomic E-state index is -4.02. The van der Waals surface area contributed by atoms with Crippen molar-refractivity contribution in [2.45, 2.75) is 12.6 Å². The molecular formula is C7H11F3N. The second-order valence-corrected chi connectivity index (χ2v) is 2.98. The number of nitrogens with zero attached hydrogens (tertiary/aromatic N) is 1. The minimum Gasteiger partial charge on any atom is -0.305 e. The van der Waals surface area contributed by atoms with Gasteiger partial charge in [0.25, 0.3) is 0 Å². The third kappa shape index (κ3) is 2.36. The molecule has 1 atom stereocenters. The lowest BCUT2D eigenvalue weighted by Gasteiger charge is -2.30. The Morgan fingerprint density at radius 3 is 2.45 bits per heavy atom.